The first kappa shape index (κ1) is 17.3. The van der Waals surface area contributed by atoms with Gasteiger partial charge in [0.15, 0.2) is 11.5 Å². The van der Waals surface area contributed by atoms with Crippen LogP contribution in [0.1, 0.15) is 34.4 Å². The van der Waals surface area contributed by atoms with Crippen molar-refractivity contribution in [1.29, 1.82) is 0 Å². The highest BCUT2D eigenvalue weighted by atomic mass is 16.6. The number of hydrazone groups is 1. The van der Waals surface area contributed by atoms with E-state index in [0.717, 1.165) is 0 Å². The van der Waals surface area contributed by atoms with Crippen molar-refractivity contribution in [3.05, 3.63) is 46.9 Å². The van der Waals surface area contributed by atoms with Crippen molar-refractivity contribution in [2.45, 2.75) is 20.8 Å². The van der Waals surface area contributed by atoms with E-state index in [4.69, 9.17) is 13.9 Å². The van der Waals surface area contributed by atoms with Crippen molar-refractivity contribution in [2.24, 2.45) is 5.10 Å². The fraction of sp³-hybridized carbons (Fsp3) is 0.235. The summed E-state index contributed by atoms with van der Waals surface area (Å²) in [6.07, 6.45) is 1.46. The van der Waals surface area contributed by atoms with Gasteiger partial charge in [0.25, 0.3) is 5.91 Å². The van der Waals surface area contributed by atoms with E-state index in [1.54, 1.807) is 38.1 Å². The molecule has 1 N–H and O–H groups in total. The van der Waals surface area contributed by atoms with E-state index in [9.17, 15) is 9.59 Å². The Hall–Kier alpha value is -3.09. The van der Waals surface area contributed by atoms with Crippen molar-refractivity contribution in [2.75, 3.05) is 7.11 Å². The Morgan fingerprint density at radius 2 is 1.96 bits per heavy atom. The van der Waals surface area contributed by atoms with E-state index in [-0.39, 0.29) is 5.91 Å². The average Bonchev–Trinajstić information content (AvgIpc) is 2.86. The quantitative estimate of drug-likeness (QED) is 0.394. The van der Waals surface area contributed by atoms with Crippen molar-refractivity contribution >= 4 is 18.1 Å². The molecule has 0 spiro atoms. The van der Waals surface area contributed by atoms with Gasteiger partial charge in [0.1, 0.15) is 11.5 Å². The van der Waals surface area contributed by atoms with Crippen LogP contribution in [0.15, 0.2) is 33.8 Å². The summed E-state index contributed by atoms with van der Waals surface area (Å²) in [5, 5.41) is 3.90. The lowest BCUT2D eigenvalue weighted by Crippen LogP contribution is -2.17. The molecule has 2 aromatic rings. The molecule has 7 nitrogen and oxygen atoms in total. The summed E-state index contributed by atoms with van der Waals surface area (Å²) in [4.78, 5) is 23.0. The Bertz CT molecular complexity index is 792. The van der Waals surface area contributed by atoms with Crippen LogP contribution < -0.4 is 14.9 Å². The highest BCUT2D eigenvalue weighted by Gasteiger charge is 2.12. The zero-order chi connectivity index (χ0) is 17.7. The summed E-state index contributed by atoms with van der Waals surface area (Å²) >= 11 is 0. The van der Waals surface area contributed by atoms with Gasteiger partial charge in [0, 0.05) is 6.92 Å². The minimum absolute atomic E-state index is 0.315. The molecule has 0 saturated heterocycles. The van der Waals surface area contributed by atoms with Crippen LogP contribution in [0.5, 0.6) is 11.5 Å². The molecule has 1 aromatic heterocycles. The Morgan fingerprint density at radius 1 is 1.21 bits per heavy atom. The predicted octanol–water partition coefficient (Wildman–Crippen LogP) is 2.59. The van der Waals surface area contributed by atoms with Gasteiger partial charge in [0.05, 0.1) is 18.9 Å². The zero-order valence-corrected chi connectivity index (χ0v) is 13.9. The van der Waals surface area contributed by atoms with Gasteiger partial charge in [0.2, 0.25) is 0 Å². The number of aryl methyl sites for hydroxylation is 2. The molecule has 2 rings (SSSR count). The molecule has 0 aliphatic rings. The normalized spacial score (nSPS) is 10.7. The first-order chi connectivity index (χ1) is 11.4. The third-order valence-corrected chi connectivity index (χ3v) is 3.11. The van der Waals surface area contributed by atoms with Gasteiger partial charge < -0.3 is 13.9 Å². The van der Waals surface area contributed by atoms with Gasteiger partial charge in [-0.25, -0.2) is 5.43 Å². The number of nitrogens with zero attached hydrogens (tertiary/aromatic N) is 1. The summed E-state index contributed by atoms with van der Waals surface area (Å²) in [5.41, 5.74) is 3.54. The molecule has 0 atom stereocenters. The maximum atomic E-state index is 12.0. The molecule has 0 saturated carbocycles. The predicted molar refractivity (Wildman–Crippen MR) is 87.5 cm³/mol. The fourth-order valence-corrected chi connectivity index (χ4v) is 2.09. The molecule has 0 fully saturated rings. The Morgan fingerprint density at radius 3 is 2.54 bits per heavy atom. The molecule has 126 valence electrons. The van der Waals surface area contributed by atoms with E-state index < -0.39 is 5.97 Å². The zero-order valence-electron chi connectivity index (χ0n) is 13.9. The highest BCUT2D eigenvalue weighted by molar-refractivity contribution is 5.95. The number of methoxy groups -OCH3 is 1. The summed E-state index contributed by atoms with van der Waals surface area (Å²) in [7, 11) is 1.47. The van der Waals surface area contributed by atoms with Crippen LogP contribution in [-0.4, -0.2) is 25.2 Å². The number of rotatable bonds is 5. The van der Waals surface area contributed by atoms with Gasteiger partial charge in [-0.2, -0.15) is 5.10 Å². The Balaban J connectivity index is 2.07. The number of benzene rings is 1. The van der Waals surface area contributed by atoms with Gasteiger partial charge in [-0.1, -0.05) is 0 Å². The third kappa shape index (κ3) is 4.22. The molecular formula is C17H18N2O5. The first-order valence-electron chi connectivity index (χ1n) is 7.17. The SMILES string of the molecule is COc1cc(/C=N\NC(=O)c2cc(C)oc2C)ccc1OC(C)=O. The van der Waals surface area contributed by atoms with Crippen molar-refractivity contribution in [3.8, 4) is 11.5 Å². The molecule has 0 bridgehead atoms. The molecule has 24 heavy (non-hydrogen) atoms. The summed E-state index contributed by atoms with van der Waals surface area (Å²) in [6.45, 7) is 4.79. The Labute approximate surface area is 139 Å². The van der Waals surface area contributed by atoms with Crippen LogP contribution in [0.4, 0.5) is 0 Å². The standard InChI is InChI=1S/C17H18N2O5/c1-10-7-14(11(2)23-10)17(21)19-18-9-13-5-6-15(24-12(3)20)16(8-13)22-4/h5-9H,1-4H3,(H,19,21)/b18-9-. The monoisotopic (exact) mass is 330 g/mol. The van der Waals surface area contributed by atoms with Crippen LogP contribution >= 0.6 is 0 Å². The molecule has 0 unspecified atom stereocenters. The Kier molecular flexibility index (Phi) is 5.36. The van der Waals surface area contributed by atoms with E-state index >= 15 is 0 Å². The van der Waals surface area contributed by atoms with Crippen molar-refractivity contribution < 1.29 is 23.5 Å². The number of furan rings is 1. The van der Waals surface area contributed by atoms with Crippen molar-refractivity contribution in [1.82, 2.24) is 5.43 Å². The van der Waals surface area contributed by atoms with Crippen LogP contribution in [0.2, 0.25) is 0 Å². The number of nitrogens with one attached hydrogen (secondary N) is 1. The molecule has 1 aromatic carbocycles. The molecule has 0 aliphatic carbocycles. The molecule has 1 amide bonds. The number of hydrogen-bond acceptors (Lipinski definition) is 6. The maximum absolute atomic E-state index is 12.0. The summed E-state index contributed by atoms with van der Waals surface area (Å²) in [6, 6.07) is 6.56. The van der Waals surface area contributed by atoms with E-state index in [1.807, 2.05) is 0 Å². The number of carbonyl (C=O) groups is 2. The van der Waals surface area contributed by atoms with Gasteiger partial charge >= 0.3 is 5.97 Å². The fourth-order valence-electron chi connectivity index (χ4n) is 2.09. The molecule has 0 aliphatic heterocycles. The van der Waals surface area contributed by atoms with E-state index in [2.05, 4.69) is 10.5 Å². The number of hydrogen-bond donors (Lipinski definition) is 1. The van der Waals surface area contributed by atoms with Gasteiger partial charge in [-0.3, -0.25) is 9.59 Å². The van der Waals surface area contributed by atoms with Crippen LogP contribution in [0.3, 0.4) is 0 Å². The number of carbonyl (C=O) groups excluding carboxylic acids is 2. The largest absolute Gasteiger partial charge is 0.493 e. The number of ether oxygens (including phenoxy) is 2. The van der Waals surface area contributed by atoms with E-state index in [0.29, 0.717) is 34.1 Å². The maximum Gasteiger partial charge on any atom is 0.308 e. The van der Waals surface area contributed by atoms with Crippen LogP contribution in [0, 0.1) is 13.8 Å². The topological polar surface area (TPSA) is 90.1 Å². The van der Waals surface area contributed by atoms with Crippen molar-refractivity contribution in [3.63, 3.8) is 0 Å². The molecule has 7 heteroatoms. The molecule has 1 heterocycles. The lowest BCUT2D eigenvalue weighted by Gasteiger charge is -2.08. The second-order valence-electron chi connectivity index (χ2n) is 5.03. The summed E-state index contributed by atoms with van der Waals surface area (Å²) < 4.78 is 15.5. The highest BCUT2D eigenvalue weighted by Crippen LogP contribution is 2.27. The third-order valence-electron chi connectivity index (χ3n) is 3.11. The van der Waals surface area contributed by atoms with Crippen LogP contribution in [0.25, 0.3) is 0 Å². The minimum Gasteiger partial charge on any atom is -0.493 e. The minimum atomic E-state index is -0.437. The van der Waals surface area contributed by atoms with Crippen LogP contribution in [-0.2, 0) is 4.79 Å². The lowest BCUT2D eigenvalue weighted by atomic mass is 10.2. The smallest absolute Gasteiger partial charge is 0.308 e. The van der Waals surface area contributed by atoms with Gasteiger partial charge in [-0.05, 0) is 43.7 Å². The number of esters is 1. The molecular weight excluding hydrogens is 312 g/mol. The van der Waals surface area contributed by atoms with E-state index in [1.165, 1.54) is 20.2 Å². The second kappa shape index (κ2) is 7.45. The average molecular weight is 330 g/mol. The summed E-state index contributed by atoms with van der Waals surface area (Å²) in [5.74, 6) is 1.11. The first-order valence-corrected chi connectivity index (χ1v) is 7.17. The number of amides is 1. The van der Waals surface area contributed by atoms with Gasteiger partial charge in [-0.15, -0.1) is 0 Å². The molecule has 0 radical (unpaired) electrons. The second-order valence-corrected chi connectivity index (χ2v) is 5.03. The lowest BCUT2D eigenvalue weighted by molar-refractivity contribution is -0.132.